The third-order valence-corrected chi connectivity index (χ3v) is 3.57. The molecule has 1 aromatic carbocycles. The highest BCUT2D eigenvalue weighted by Crippen LogP contribution is 2.34. The van der Waals surface area contributed by atoms with Gasteiger partial charge in [0.1, 0.15) is 0 Å². The summed E-state index contributed by atoms with van der Waals surface area (Å²) in [4.78, 5) is 37.4. The first-order valence-electron chi connectivity index (χ1n) is 8.18. The fourth-order valence-electron chi connectivity index (χ4n) is 2.37. The first-order valence-corrected chi connectivity index (χ1v) is 8.18. The summed E-state index contributed by atoms with van der Waals surface area (Å²) in [5.41, 5.74) is -1.38. The quantitative estimate of drug-likeness (QED) is 0.633. The maximum Gasteiger partial charge on any atom is 0.418 e. The van der Waals surface area contributed by atoms with Crippen molar-refractivity contribution in [3.05, 3.63) is 29.8 Å². The number of para-hydroxylation sites is 1. The lowest BCUT2D eigenvalue weighted by molar-refractivity contribution is -0.140. The predicted octanol–water partition coefficient (Wildman–Crippen LogP) is 2.32. The molecule has 0 spiro atoms. The van der Waals surface area contributed by atoms with E-state index in [9.17, 15) is 27.6 Å². The van der Waals surface area contributed by atoms with E-state index in [2.05, 4.69) is 5.32 Å². The van der Waals surface area contributed by atoms with Crippen LogP contribution >= 0.6 is 12.4 Å². The molecule has 0 saturated heterocycles. The van der Waals surface area contributed by atoms with Gasteiger partial charge in [-0.15, -0.1) is 12.4 Å². The number of anilines is 1. The Hall–Kier alpha value is -2.33. The van der Waals surface area contributed by atoms with Crippen LogP contribution in [0.3, 0.4) is 0 Å². The van der Waals surface area contributed by atoms with Crippen LogP contribution in [0, 0.1) is 0 Å². The number of nitrogens with one attached hydrogen (secondary N) is 1. The molecule has 11 heteroatoms. The summed E-state index contributed by atoms with van der Waals surface area (Å²) in [6.07, 6.45) is -3.98. The normalized spacial score (nSPS) is 10.9. The number of carbonyl (C=O) groups excluding carboxylic acids is 2. The Balaban J connectivity index is 0.00000729. The molecule has 0 heterocycles. The zero-order chi connectivity index (χ0) is 20.6. The fraction of sp³-hybridized carbons (Fsp3) is 0.471. The molecular formula is C17H23ClF3N3O4. The van der Waals surface area contributed by atoms with Gasteiger partial charge in [0.2, 0.25) is 11.8 Å². The van der Waals surface area contributed by atoms with Crippen molar-refractivity contribution in [2.45, 2.75) is 19.5 Å². The van der Waals surface area contributed by atoms with Gasteiger partial charge in [-0.05, 0) is 25.1 Å². The molecule has 0 bridgehead atoms. The average Bonchev–Trinajstić information content (AvgIpc) is 2.53. The van der Waals surface area contributed by atoms with E-state index in [4.69, 9.17) is 5.11 Å². The van der Waals surface area contributed by atoms with Crippen molar-refractivity contribution < 1.29 is 32.7 Å². The number of carbonyl (C=O) groups is 3. The lowest BCUT2D eigenvalue weighted by Crippen LogP contribution is -2.43. The number of likely N-dealkylation sites (N-methyl/N-ethyl adjacent to an activating group) is 1. The number of rotatable bonds is 9. The first-order chi connectivity index (χ1) is 12.5. The molecule has 158 valence electrons. The number of carboxylic acid groups (broad SMARTS) is 1. The first kappa shape index (κ1) is 25.7. The van der Waals surface area contributed by atoms with Crippen molar-refractivity contribution in [3.8, 4) is 0 Å². The Morgan fingerprint density at radius 1 is 1.11 bits per heavy atom. The average molecular weight is 426 g/mol. The van der Waals surface area contributed by atoms with Gasteiger partial charge in [-0.2, -0.15) is 13.2 Å². The molecule has 0 aliphatic heterocycles. The Morgan fingerprint density at radius 3 is 2.25 bits per heavy atom. The number of carboxylic acids is 1. The van der Waals surface area contributed by atoms with E-state index in [1.807, 2.05) is 6.92 Å². The molecule has 2 amide bonds. The standard InChI is InChI=1S/C17H22F3N3O4.ClH/c1-3-8-23(11-16(26)27)10-15(25)22(2)9-14(24)21-13-7-5-4-6-12(13)17(18,19)20;/h4-7H,3,8-11H2,1-2H3,(H,21,24)(H,26,27);1H. The summed E-state index contributed by atoms with van der Waals surface area (Å²) in [6, 6.07) is 4.53. The van der Waals surface area contributed by atoms with E-state index in [-0.39, 0.29) is 25.5 Å². The summed E-state index contributed by atoms with van der Waals surface area (Å²) in [6.45, 7) is 1.23. The number of benzene rings is 1. The van der Waals surface area contributed by atoms with E-state index < -0.39 is 41.8 Å². The van der Waals surface area contributed by atoms with Crippen LogP contribution in [0.15, 0.2) is 24.3 Å². The molecule has 2 N–H and O–H groups in total. The molecule has 0 saturated carbocycles. The second kappa shape index (κ2) is 11.5. The largest absolute Gasteiger partial charge is 0.480 e. The van der Waals surface area contributed by atoms with Gasteiger partial charge in [0, 0.05) is 7.05 Å². The highest BCUT2D eigenvalue weighted by atomic mass is 35.5. The van der Waals surface area contributed by atoms with E-state index in [1.54, 1.807) is 0 Å². The van der Waals surface area contributed by atoms with E-state index in [1.165, 1.54) is 24.1 Å². The number of alkyl halides is 3. The Kier molecular flexibility index (Phi) is 10.5. The summed E-state index contributed by atoms with van der Waals surface area (Å²) in [5.74, 6) is -2.38. The van der Waals surface area contributed by atoms with Crippen molar-refractivity contribution >= 4 is 35.9 Å². The van der Waals surface area contributed by atoms with Crippen molar-refractivity contribution in [1.82, 2.24) is 9.80 Å². The third kappa shape index (κ3) is 8.57. The van der Waals surface area contributed by atoms with Gasteiger partial charge in [-0.25, -0.2) is 0 Å². The molecule has 0 aliphatic rings. The van der Waals surface area contributed by atoms with Crippen LogP contribution in [-0.2, 0) is 20.6 Å². The van der Waals surface area contributed by atoms with Crippen LogP contribution in [0.2, 0.25) is 0 Å². The molecule has 0 fully saturated rings. The monoisotopic (exact) mass is 425 g/mol. The summed E-state index contributed by atoms with van der Waals surface area (Å²) >= 11 is 0. The van der Waals surface area contributed by atoms with Gasteiger partial charge >= 0.3 is 12.1 Å². The van der Waals surface area contributed by atoms with Gasteiger partial charge in [0.15, 0.2) is 0 Å². The van der Waals surface area contributed by atoms with Gasteiger partial charge in [0.25, 0.3) is 0 Å². The maximum absolute atomic E-state index is 12.9. The van der Waals surface area contributed by atoms with E-state index >= 15 is 0 Å². The second-order valence-corrected chi connectivity index (χ2v) is 5.95. The number of nitrogens with zero attached hydrogens (tertiary/aromatic N) is 2. The molecule has 0 aromatic heterocycles. The van der Waals surface area contributed by atoms with Crippen LogP contribution in [-0.4, -0.2) is 65.9 Å². The molecule has 0 atom stereocenters. The lowest BCUT2D eigenvalue weighted by atomic mass is 10.1. The van der Waals surface area contributed by atoms with Crippen molar-refractivity contribution in [2.75, 3.05) is 38.5 Å². The topological polar surface area (TPSA) is 90.0 Å². The molecular weight excluding hydrogens is 403 g/mol. The molecule has 28 heavy (non-hydrogen) atoms. The van der Waals surface area contributed by atoms with Gasteiger partial charge in [0.05, 0.1) is 30.9 Å². The lowest BCUT2D eigenvalue weighted by Gasteiger charge is -2.23. The molecule has 1 aromatic rings. The number of hydrogen-bond acceptors (Lipinski definition) is 4. The number of halogens is 4. The molecule has 0 radical (unpaired) electrons. The van der Waals surface area contributed by atoms with Crippen molar-refractivity contribution in [2.24, 2.45) is 0 Å². The SMILES string of the molecule is CCCN(CC(=O)O)CC(=O)N(C)CC(=O)Nc1ccccc1C(F)(F)F.Cl. The van der Waals surface area contributed by atoms with Crippen molar-refractivity contribution in [3.63, 3.8) is 0 Å². The van der Waals surface area contributed by atoms with E-state index in [0.29, 0.717) is 13.0 Å². The number of hydrogen-bond donors (Lipinski definition) is 2. The van der Waals surface area contributed by atoms with Crippen LogP contribution in [0.5, 0.6) is 0 Å². The summed E-state index contributed by atoms with van der Waals surface area (Å²) < 4.78 is 38.8. The summed E-state index contributed by atoms with van der Waals surface area (Å²) in [5, 5.41) is 11.0. The zero-order valence-corrected chi connectivity index (χ0v) is 16.3. The number of amides is 2. The van der Waals surface area contributed by atoms with Gasteiger partial charge in [-0.3, -0.25) is 19.3 Å². The summed E-state index contributed by atoms with van der Waals surface area (Å²) in [7, 11) is 1.32. The second-order valence-electron chi connectivity index (χ2n) is 5.95. The van der Waals surface area contributed by atoms with E-state index in [0.717, 1.165) is 17.0 Å². The van der Waals surface area contributed by atoms with Crippen molar-refractivity contribution in [1.29, 1.82) is 0 Å². The Morgan fingerprint density at radius 2 is 1.71 bits per heavy atom. The number of aliphatic carboxylic acids is 1. The Labute approximate surface area is 166 Å². The van der Waals surface area contributed by atoms with Crippen LogP contribution in [0.1, 0.15) is 18.9 Å². The smallest absolute Gasteiger partial charge is 0.418 e. The molecule has 0 unspecified atom stereocenters. The maximum atomic E-state index is 12.9. The van der Waals surface area contributed by atoms with Gasteiger partial charge in [-0.1, -0.05) is 19.1 Å². The zero-order valence-electron chi connectivity index (χ0n) is 15.5. The third-order valence-electron chi connectivity index (χ3n) is 3.57. The minimum Gasteiger partial charge on any atom is -0.480 e. The molecule has 1 rings (SSSR count). The Bertz CT molecular complexity index is 686. The van der Waals surface area contributed by atoms with Crippen LogP contribution < -0.4 is 5.32 Å². The predicted molar refractivity (Wildman–Crippen MR) is 99.3 cm³/mol. The highest BCUT2D eigenvalue weighted by molar-refractivity contribution is 5.95. The minimum absolute atomic E-state index is 0. The van der Waals surface area contributed by atoms with Gasteiger partial charge < -0.3 is 15.3 Å². The van der Waals surface area contributed by atoms with Crippen LogP contribution in [0.4, 0.5) is 18.9 Å². The highest BCUT2D eigenvalue weighted by Gasteiger charge is 2.33. The molecule has 0 aliphatic carbocycles. The minimum atomic E-state index is -4.62. The fourth-order valence-corrected chi connectivity index (χ4v) is 2.37. The van der Waals surface area contributed by atoms with Crippen LogP contribution in [0.25, 0.3) is 0 Å². The molecule has 7 nitrogen and oxygen atoms in total.